The van der Waals surface area contributed by atoms with Gasteiger partial charge in [-0.15, -0.1) is 10.2 Å². The average molecular weight is 393 g/mol. The molecule has 1 aliphatic heterocycles. The maximum atomic E-state index is 12.5. The third-order valence-electron chi connectivity index (χ3n) is 4.89. The van der Waals surface area contributed by atoms with E-state index in [0.717, 1.165) is 11.1 Å². The first kappa shape index (κ1) is 18.9. The van der Waals surface area contributed by atoms with Crippen LogP contribution in [0.1, 0.15) is 43.9 Å². The van der Waals surface area contributed by atoms with Crippen LogP contribution in [0.2, 0.25) is 0 Å². The molecule has 29 heavy (non-hydrogen) atoms. The standard InChI is InChI=1S/C21H23N5O3/c1-13(2)16-5-7-17(8-6-16)20-23-25-26(24-20)14(3)21(27)22-11-15-4-9-18-19(10-15)29-12-28-18/h4-10,13-14H,11-12H2,1-3H3,(H,22,27)/t14-/m0/s1. The van der Waals surface area contributed by atoms with E-state index in [1.807, 2.05) is 30.3 Å². The lowest BCUT2D eigenvalue weighted by molar-refractivity contribution is -0.124. The van der Waals surface area contributed by atoms with Gasteiger partial charge in [-0.25, -0.2) is 0 Å². The maximum absolute atomic E-state index is 12.5. The zero-order valence-corrected chi connectivity index (χ0v) is 16.6. The van der Waals surface area contributed by atoms with E-state index in [-0.39, 0.29) is 12.7 Å². The molecule has 0 fully saturated rings. The van der Waals surface area contributed by atoms with Crippen LogP contribution in [0.3, 0.4) is 0 Å². The normalized spacial score (nSPS) is 13.5. The number of carbonyl (C=O) groups excluding carboxylic acids is 1. The summed E-state index contributed by atoms with van der Waals surface area (Å²) < 4.78 is 10.7. The molecule has 8 heteroatoms. The van der Waals surface area contributed by atoms with E-state index in [4.69, 9.17) is 9.47 Å². The van der Waals surface area contributed by atoms with Crippen molar-refractivity contribution in [2.45, 2.75) is 39.3 Å². The molecule has 0 saturated carbocycles. The number of hydrogen-bond donors (Lipinski definition) is 1. The van der Waals surface area contributed by atoms with Crippen LogP contribution in [0.4, 0.5) is 0 Å². The van der Waals surface area contributed by atoms with Crippen molar-refractivity contribution in [2.75, 3.05) is 6.79 Å². The van der Waals surface area contributed by atoms with Crippen LogP contribution in [0.15, 0.2) is 42.5 Å². The first-order chi connectivity index (χ1) is 14.0. The Bertz CT molecular complexity index is 1010. The Morgan fingerprint density at radius 2 is 1.86 bits per heavy atom. The summed E-state index contributed by atoms with van der Waals surface area (Å²) in [5.41, 5.74) is 3.04. The second-order valence-electron chi connectivity index (χ2n) is 7.29. The lowest BCUT2D eigenvalue weighted by Crippen LogP contribution is -2.31. The fraction of sp³-hybridized carbons (Fsp3) is 0.333. The zero-order chi connectivity index (χ0) is 20.4. The Kier molecular flexibility index (Phi) is 5.16. The van der Waals surface area contributed by atoms with Crippen LogP contribution >= 0.6 is 0 Å². The number of benzene rings is 2. The number of aromatic nitrogens is 4. The molecule has 2 aromatic carbocycles. The van der Waals surface area contributed by atoms with E-state index in [0.29, 0.717) is 29.8 Å². The molecule has 0 saturated heterocycles. The van der Waals surface area contributed by atoms with Crippen molar-refractivity contribution in [3.8, 4) is 22.9 Å². The van der Waals surface area contributed by atoms with E-state index < -0.39 is 6.04 Å². The van der Waals surface area contributed by atoms with Crippen LogP contribution in [0.25, 0.3) is 11.4 Å². The van der Waals surface area contributed by atoms with Crippen molar-refractivity contribution in [3.05, 3.63) is 53.6 Å². The monoisotopic (exact) mass is 393 g/mol. The van der Waals surface area contributed by atoms with E-state index in [9.17, 15) is 4.79 Å². The Morgan fingerprint density at radius 1 is 1.10 bits per heavy atom. The fourth-order valence-electron chi connectivity index (χ4n) is 3.01. The summed E-state index contributed by atoms with van der Waals surface area (Å²) in [5, 5.41) is 15.4. The summed E-state index contributed by atoms with van der Waals surface area (Å²) in [6, 6.07) is 13.1. The SMILES string of the molecule is CC(C)c1ccc(-c2nnn([C@@H](C)C(=O)NCc3ccc4c(c3)OCO4)n2)cc1. The van der Waals surface area contributed by atoms with E-state index >= 15 is 0 Å². The molecule has 3 aromatic rings. The van der Waals surface area contributed by atoms with Crippen molar-refractivity contribution in [1.82, 2.24) is 25.5 Å². The van der Waals surface area contributed by atoms with Gasteiger partial charge in [-0.3, -0.25) is 4.79 Å². The molecule has 1 N–H and O–H groups in total. The van der Waals surface area contributed by atoms with Crippen molar-refractivity contribution in [1.29, 1.82) is 0 Å². The summed E-state index contributed by atoms with van der Waals surface area (Å²) in [5.74, 6) is 2.17. The van der Waals surface area contributed by atoms with Gasteiger partial charge in [0, 0.05) is 12.1 Å². The number of carbonyl (C=O) groups is 1. The van der Waals surface area contributed by atoms with Gasteiger partial charge in [-0.1, -0.05) is 44.2 Å². The number of nitrogens with zero attached hydrogens (tertiary/aromatic N) is 4. The number of nitrogens with one attached hydrogen (secondary N) is 1. The number of fused-ring (bicyclic) bond motifs is 1. The first-order valence-corrected chi connectivity index (χ1v) is 9.57. The van der Waals surface area contributed by atoms with Crippen LogP contribution in [0.5, 0.6) is 11.5 Å². The van der Waals surface area contributed by atoms with Gasteiger partial charge in [0.05, 0.1) is 0 Å². The first-order valence-electron chi connectivity index (χ1n) is 9.57. The number of hydrogen-bond acceptors (Lipinski definition) is 6. The molecule has 4 rings (SSSR count). The molecular formula is C21H23N5O3. The van der Waals surface area contributed by atoms with Crippen molar-refractivity contribution in [2.24, 2.45) is 0 Å². The van der Waals surface area contributed by atoms with E-state index in [2.05, 4.69) is 46.7 Å². The topological polar surface area (TPSA) is 91.2 Å². The maximum Gasteiger partial charge on any atom is 0.246 e. The second kappa shape index (κ2) is 7.90. The predicted molar refractivity (Wildman–Crippen MR) is 106 cm³/mol. The van der Waals surface area contributed by atoms with Gasteiger partial charge < -0.3 is 14.8 Å². The van der Waals surface area contributed by atoms with Crippen molar-refractivity contribution >= 4 is 5.91 Å². The second-order valence-corrected chi connectivity index (χ2v) is 7.29. The van der Waals surface area contributed by atoms with Crippen LogP contribution < -0.4 is 14.8 Å². The number of amides is 1. The summed E-state index contributed by atoms with van der Waals surface area (Å²) in [6.45, 7) is 6.63. The smallest absolute Gasteiger partial charge is 0.246 e. The molecule has 2 heterocycles. The fourth-order valence-corrected chi connectivity index (χ4v) is 3.01. The summed E-state index contributed by atoms with van der Waals surface area (Å²) in [6.07, 6.45) is 0. The Hall–Kier alpha value is -3.42. The molecule has 1 aliphatic rings. The third-order valence-corrected chi connectivity index (χ3v) is 4.89. The van der Waals surface area contributed by atoms with E-state index in [1.165, 1.54) is 10.4 Å². The van der Waals surface area contributed by atoms with Gasteiger partial charge in [0.25, 0.3) is 0 Å². The zero-order valence-electron chi connectivity index (χ0n) is 16.6. The predicted octanol–water partition coefficient (Wildman–Crippen LogP) is 3.07. The van der Waals surface area contributed by atoms with E-state index in [1.54, 1.807) is 6.92 Å². The van der Waals surface area contributed by atoms with Gasteiger partial charge in [0.1, 0.15) is 6.04 Å². The van der Waals surface area contributed by atoms with Gasteiger partial charge in [-0.2, -0.15) is 4.80 Å². The molecule has 0 spiro atoms. The van der Waals surface area contributed by atoms with Crippen LogP contribution in [-0.4, -0.2) is 32.9 Å². The Labute approximate surface area is 168 Å². The Balaban J connectivity index is 1.39. The minimum absolute atomic E-state index is 0.193. The van der Waals surface area contributed by atoms with Gasteiger partial charge >= 0.3 is 0 Å². The highest BCUT2D eigenvalue weighted by atomic mass is 16.7. The lowest BCUT2D eigenvalue weighted by atomic mass is 10.0. The summed E-state index contributed by atoms with van der Waals surface area (Å²) in [4.78, 5) is 13.9. The molecule has 150 valence electrons. The minimum atomic E-state index is -0.583. The number of tetrazole rings is 1. The molecular weight excluding hydrogens is 370 g/mol. The molecule has 1 amide bonds. The Morgan fingerprint density at radius 3 is 2.62 bits per heavy atom. The quantitative estimate of drug-likeness (QED) is 0.692. The van der Waals surface area contributed by atoms with Crippen LogP contribution in [0, 0.1) is 0 Å². The lowest BCUT2D eigenvalue weighted by Gasteiger charge is -2.11. The number of rotatable bonds is 6. The molecule has 1 aromatic heterocycles. The molecule has 0 radical (unpaired) electrons. The average Bonchev–Trinajstić information content (AvgIpc) is 3.40. The van der Waals surface area contributed by atoms with Crippen molar-refractivity contribution < 1.29 is 14.3 Å². The number of ether oxygens (including phenoxy) is 2. The summed E-state index contributed by atoms with van der Waals surface area (Å²) >= 11 is 0. The van der Waals surface area contributed by atoms with Crippen molar-refractivity contribution in [3.63, 3.8) is 0 Å². The highest BCUT2D eigenvalue weighted by molar-refractivity contribution is 5.79. The molecule has 0 bridgehead atoms. The largest absolute Gasteiger partial charge is 0.454 e. The highest BCUT2D eigenvalue weighted by Crippen LogP contribution is 2.32. The molecule has 8 nitrogen and oxygen atoms in total. The van der Waals surface area contributed by atoms with Gasteiger partial charge in [0.15, 0.2) is 11.5 Å². The van der Waals surface area contributed by atoms with Gasteiger partial charge in [-0.05, 0) is 41.3 Å². The highest BCUT2D eigenvalue weighted by Gasteiger charge is 2.19. The third kappa shape index (κ3) is 4.06. The summed E-state index contributed by atoms with van der Waals surface area (Å²) in [7, 11) is 0. The minimum Gasteiger partial charge on any atom is -0.454 e. The molecule has 0 aliphatic carbocycles. The molecule has 1 atom stereocenters. The molecule has 0 unspecified atom stereocenters. The van der Waals surface area contributed by atoms with Gasteiger partial charge in [0.2, 0.25) is 18.5 Å². The van der Waals surface area contributed by atoms with Crippen LogP contribution in [-0.2, 0) is 11.3 Å².